The quantitative estimate of drug-likeness (QED) is 0.923. The number of amides is 1. The molecule has 0 unspecified atom stereocenters. The van der Waals surface area contributed by atoms with Crippen LogP contribution in [0, 0.1) is 5.82 Å². The lowest BCUT2D eigenvalue weighted by Crippen LogP contribution is -2.28. The van der Waals surface area contributed by atoms with Crippen molar-refractivity contribution in [2.24, 2.45) is 5.73 Å². The second kappa shape index (κ2) is 5.59. The summed E-state index contributed by atoms with van der Waals surface area (Å²) in [6, 6.07) is 5.29. The predicted octanol–water partition coefficient (Wildman–Crippen LogP) is 2.57. The van der Waals surface area contributed by atoms with E-state index in [2.05, 4.69) is 5.10 Å². The fraction of sp³-hybridized carbons (Fsp3) is 0.267. The van der Waals surface area contributed by atoms with E-state index in [1.807, 2.05) is 0 Å². The molecule has 2 rings (SSSR count). The third-order valence-electron chi connectivity index (χ3n) is 2.72. The molecule has 0 aliphatic carbocycles. The maximum absolute atomic E-state index is 13.1. The molecule has 0 aliphatic heterocycles. The van der Waals surface area contributed by atoms with Crippen molar-refractivity contribution in [1.29, 1.82) is 0 Å². The molecule has 1 heterocycles. The normalized spacial score (nSPS) is 11.3. The summed E-state index contributed by atoms with van der Waals surface area (Å²) in [4.78, 5) is 23.7. The number of nitrogens with two attached hydrogens (primary N) is 1. The Morgan fingerprint density at radius 3 is 2.32 bits per heavy atom. The first kappa shape index (κ1) is 15.7. The average Bonchev–Trinajstić information content (AvgIpc) is 2.82. The minimum absolute atomic E-state index is 0.0532. The maximum Gasteiger partial charge on any atom is 0.435 e. The van der Waals surface area contributed by atoms with Crippen LogP contribution in [0.4, 0.5) is 9.18 Å². The monoisotopic (exact) mass is 305 g/mol. The number of primary amides is 1. The zero-order chi connectivity index (χ0) is 16.5. The molecule has 0 spiro atoms. The van der Waals surface area contributed by atoms with Gasteiger partial charge in [-0.3, -0.25) is 4.79 Å². The third kappa shape index (κ3) is 3.30. The maximum atomic E-state index is 13.1. The molecule has 0 saturated carbocycles. The van der Waals surface area contributed by atoms with Gasteiger partial charge in [-0.05, 0) is 45.0 Å². The van der Waals surface area contributed by atoms with Gasteiger partial charge in [0.1, 0.15) is 11.4 Å². The van der Waals surface area contributed by atoms with Crippen molar-refractivity contribution < 1.29 is 18.7 Å². The van der Waals surface area contributed by atoms with Crippen molar-refractivity contribution in [1.82, 2.24) is 9.78 Å². The van der Waals surface area contributed by atoms with Crippen LogP contribution in [0.5, 0.6) is 0 Å². The van der Waals surface area contributed by atoms with Gasteiger partial charge in [0.15, 0.2) is 0 Å². The fourth-order valence-corrected chi connectivity index (χ4v) is 1.86. The molecule has 0 atom stereocenters. The Kier molecular flexibility index (Phi) is 3.99. The summed E-state index contributed by atoms with van der Waals surface area (Å²) in [5.74, 6) is -1.18. The highest BCUT2D eigenvalue weighted by molar-refractivity contribution is 6.00. The zero-order valence-electron chi connectivity index (χ0n) is 12.5. The number of aromatic nitrogens is 2. The first-order valence-corrected chi connectivity index (χ1v) is 6.56. The molecule has 0 saturated heterocycles. The highest BCUT2D eigenvalue weighted by atomic mass is 19.1. The van der Waals surface area contributed by atoms with E-state index in [0.29, 0.717) is 5.56 Å². The Morgan fingerprint density at radius 2 is 1.82 bits per heavy atom. The largest absolute Gasteiger partial charge is 0.442 e. The highest BCUT2D eigenvalue weighted by Crippen LogP contribution is 2.25. The van der Waals surface area contributed by atoms with E-state index in [0.717, 1.165) is 4.68 Å². The molecular formula is C15H16FN3O3. The first-order valence-electron chi connectivity index (χ1n) is 6.56. The Labute approximate surface area is 126 Å². The van der Waals surface area contributed by atoms with E-state index in [1.165, 1.54) is 30.5 Å². The molecule has 1 aromatic heterocycles. The van der Waals surface area contributed by atoms with Crippen molar-refractivity contribution in [3.05, 3.63) is 41.8 Å². The van der Waals surface area contributed by atoms with Crippen molar-refractivity contribution in [2.45, 2.75) is 26.4 Å². The van der Waals surface area contributed by atoms with Crippen LogP contribution in [0.1, 0.15) is 31.1 Å². The van der Waals surface area contributed by atoms with Crippen LogP contribution >= 0.6 is 0 Å². The molecule has 1 aromatic carbocycles. The van der Waals surface area contributed by atoms with Gasteiger partial charge < -0.3 is 10.5 Å². The van der Waals surface area contributed by atoms with Crippen LogP contribution in [0.3, 0.4) is 0 Å². The van der Waals surface area contributed by atoms with E-state index in [-0.39, 0.29) is 11.3 Å². The summed E-state index contributed by atoms with van der Waals surface area (Å²) in [7, 11) is 0. The van der Waals surface area contributed by atoms with Crippen LogP contribution in [0.15, 0.2) is 30.5 Å². The fourth-order valence-electron chi connectivity index (χ4n) is 1.86. The number of carbonyl (C=O) groups is 2. The van der Waals surface area contributed by atoms with E-state index >= 15 is 0 Å². The topological polar surface area (TPSA) is 87.2 Å². The number of rotatable bonds is 2. The number of benzene rings is 1. The summed E-state index contributed by atoms with van der Waals surface area (Å²) in [6.45, 7) is 5.13. The molecule has 2 N–H and O–H groups in total. The lowest BCUT2D eigenvalue weighted by molar-refractivity contribution is 0.0518. The number of hydrogen-bond acceptors (Lipinski definition) is 4. The SMILES string of the molecule is CC(C)(C)OC(=O)n1ncc(C(N)=O)c1-c1ccc(F)cc1. The molecule has 0 radical (unpaired) electrons. The minimum atomic E-state index is -0.751. The predicted molar refractivity (Wildman–Crippen MR) is 77.8 cm³/mol. The summed E-state index contributed by atoms with van der Waals surface area (Å²) >= 11 is 0. The highest BCUT2D eigenvalue weighted by Gasteiger charge is 2.25. The van der Waals surface area contributed by atoms with Crippen molar-refractivity contribution in [2.75, 3.05) is 0 Å². The van der Waals surface area contributed by atoms with Gasteiger partial charge in [-0.15, -0.1) is 0 Å². The lowest BCUT2D eigenvalue weighted by Gasteiger charge is -2.19. The molecule has 2 aromatic rings. The molecule has 22 heavy (non-hydrogen) atoms. The first-order chi connectivity index (χ1) is 10.2. The Balaban J connectivity index is 2.54. The van der Waals surface area contributed by atoms with Crippen LogP contribution in [0.25, 0.3) is 11.3 Å². The second-order valence-corrected chi connectivity index (χ2v) is 5.67. The number of ether oxygens (including phenoxy) is 1. The van der Waals surface area contributed by atoms with Crippen LogP contribution in [-0.4, -0.2) is 27.4 Å². The van der Waals surface area contributed by atoms with Gasteiger partial charge in [0.05, 0.1) is 17.5 Å². The summed E-state index contributed by atoms with van der Waals surface area (Å²) in [6.07, 6.45) is 0.435. The van der Waals surface area contributed by atoms with Gasteiger partial charge in [0, 0.05) is 5.56 Å². The standard InChI is InChI=1S/C15H16FN3O3/c1-15(2,3)22-14(21)19-12(11(8-18-19)13(17)20)9-4-6-10(16)7-5-9/h4-8H,1-3H3,(H2,17,20). The van der Waals surface area contributed by atoms with E-state index < -0.39 is 23.4 Å². The Bertz CT molecular complexity index is 715. The van der Waals surface area contributed by atoms with Crippen molar-refractivity contribution in [3.63, 3.8) is 0 Å². The van der Waals surface area contributed by atoms with Gasteiger partial charge in [-0.1, -0.05) is 0 Å². The van der Waals surface area contributed by atoms with Crippen LogP contribution < -0.4 is 5.73 Å². The third-order valence-corrected chi connectivity index (χ3v) is 2.72. The average molecular weight is 305 g/mol. The number of nitrogens with zero attached hydrogens (tertiary/aromatic N) is 2. The molecule has 6 nitrogen and oxygen atoms in total. The molecule has 7 heteroatoms. The molecule has 0 fully saturated rings. The van der Waals surface area contributed by atoms with Crippen molar-refractivity contribution in [3.8, 4) is 11.3 Å². The summed E-state index contributed by atoms with van der Waals surface area (Å²) in [5, 5.41) is 3.87. The number of hydrogen-bond donors (Lipinski definition) is 1. The van der Waals surface area contributed by atoms with E-state index in [1.54, 1.807) is 20.8 Å². The smallest absolute Gasteiger partial charge is 0.435 e. The van der Waals surface area contributed by atoms with Gasteiger partial charge in [0.25, 0.3) is 5.91 Å². The molecule has 0 bridgehead atoms. The summed E-state index contributed by atoms with van der Waals surface area (Å²) < 4.78 is 19.2. The summed E-state index contributed by atoms with van der Waals surface area (Å²) in [5.41, 5.74) is 5.23. The van der Waals surface area contributed by atoms with Crippen molar-refractivity contribution >= 4 is 12.0 Å². The Morgan fingerprint density at radius 1 is 1.23 bits per heavy atom. The molecular weight excluding hydrogens is 289 g/mol. The van der Waals surface area contributed by atoms with E-state index in [4.69, 9.17) is 10.5 Å². The van der Waals surface area contributed by atoms with Gasteiger partial charge in [0.2, 0.25) is 0 Å². The van der Waals surface area contributed by atoms with Crippen LogP contribution in [-0.2, 0) is 4.74 Å². The van der Waals surface area contributed by atoms with E-state index in [9.17, 15) is 14.0 Å². The van der Waals surface area contributed by atoms with Gasteiger partial charge in [-0.2, -0.15) is 9.78 Å². The molecule has 116 valence electrons. The minimum Gasteiger partial charge on any atom is -0.442 e. The van der Waals surface area contributed by atoms with Gasteiger partial charge >= 0.3 is 6.09 Å². The van der Waals surface area contributed by atoms with Gasteiger partial charge in [-0.25, -0.2) is 9.18 Å². The molecule has 1 amide bonds. The molecule has 0 aliphatic rings. The zero-order valence-corrected chi connectivity index (χ0v) is 12.5. The lowest BCUT2D eigenvalue weighted by atomic mass is 10.1. The second-order valence-electron chi connectivity index (χ2n) is 5.67. The number of halogens is 1. The Hall–Kier alpha value is -2.70. The van der Waals surface area contributed by atoms with Crippen LogP contribution in [0.2, 0.25) is 0 Å². The number of carbonyl (C=O) groups excluding carboxylic acids is 2.